The number of alkyl carbamates (subject to hydrolysis) is 1. The van der Waals surface area contributed by atoms with Gasteiger partial charge in [0.2, 0.25) is 11.7 Å². The van der Waals surface area contributed by atoms with Crippen molar-refractivity contribution in [2.45, 2.75) is 58.7 Å². The zero-order valence-electron chi connectivity index (χ0n) is 20.6. The number of amides is 3. The van der Waals surface area contributed by atoms with E-state index < -0.39 is 35.8 Å². The lowest BCUT2D eigenvalue weighted by molar-refractivity contribution is -0.140. The smallest absolute Gasteiger partial charge is 0.408 e. The Morgan fingerprint density at radius 1 is 0.829 bits per heavy atom. The Morgan fingerprint density at radius 3 is 2.00 bits per heavy atom. The molecule has 0 aliphatic rings. The molecule has 8 nitrogen and oxygen atoms in total. The van der Waals surface area contributed by atoms with Gasteiger partial charge in [0.15, 0.2) is 0 Å². The zero-order chi connectivity index (χ0) is 25.6. The van der Waals surface area contributed by atoms with Gasteiger partial charge in [-0.1, -0.05) is 81.4 Å². The molecule has 2 aromatic rings. The predicted octanol–water partition coefficient (Wildman–Crippen LogP) is 3.15. The third-order valence-electron chi connectivity index (χ3n) is 5.20. The Hall–Kier alpha value is -3.68. The van der Waals surface area contributed by atoms with Crippen molar-refractivity contribution >= 4 is 23.7 Å². The second kappa shape index (κ2) is 14.6. The first-order valence-corrected chi connectivity index (χ1v) is 11.9. The van der Waals surface area contributed by atoms with E-state index in [1.54, 1.807) is 0 Å². The van der Waals surface area contributed by atoms with E-state index >= 15 is 0 Å². The van der Waals surface area contributed by atoms with Gasteiger partial charge in [-0.25, -0.2) is 4.79 Å². The first-order valence-electron chi connectivity index (χ1n) is 11.9. The van der Waals surface area contributed by atoms with Crippen molar-refractivity contribution in [1.29, 1.82) is 0 Å². The summed E-state index contributed by atoms with van der Waals surface area (Å²) in [6, 6.07) is 16.3. The Morgan fingerprint density at radius 2 is 1.43 bits per heavy atom. The molecule has 0 aliphatic carbocycles. The Labute approximate surface area is 206 Å². The Kier molecular flexibility index (Phi) is 11.5. The SMILES string of the molecule is CCCNC(=O)C(=O)C(Cc1ccccc1)NC(=O)[C@H](CC(C)C)NC(=O)OCc1ccccc1. The van der Waals surface area contributed by atoms with Gasteiger partial charge in [0.25, 0.3) is 5.91 Å². The molecule has 0 spiro atoms. The largest absolute Gasteiger partial charge is 0.445 e. The van der Waals surface area contributed by atoms with Gasteiger partial charge in [-0.15, -0.1) is 0 Å². The molecule has 188 valence electrons. The van der Waals surface area contributed by atoms with Crippen LogP contribution in [0.4, 0.5) is 4.79 Å². The van der Waals surface area contributed by atoms with Crippen molar-refractivity contribution in [3.8, 4) is 0 Å². The summed E-state index contributed by atoms with van der Waals surface area (Å²) in [5.41, 5.74) is 1.62. The number of rotatable bonds is 13. The number of Topliss-reactive ketones (excluding diaryl/α,β-unsaturated/α-hetero) is 1. The molecule has 0 aliphatic heterocycles. The van der Waals surface area contributed by atoms with Crippen LogP contribution in [0, 0.1) is 5.92 Å². The van der Waals surface area contributed by atoms with Crippen molar-refractivity contribution in [2.24, 2.45) is 5.92 Å². The van der Waals surface area contributed by atoms with Crippen molar-refractivity contribution in [3.05, 3.63) is 71.8 Å². The average molecular weight is 482 g/mol. The molecule has 0 fully saturated rings. The molecule has 2 rings (SSSR count). The minimum absolute atomic E-state index is 0.0649. The number of nitrogens with one attached hydrogen (secondary N) is 3. The fourth-order valence-corrected chi connectivity index (χ4v) is 3.43. The van der Waals surface area contributed by atoms with Crippen molar-refractivity contribution in [3.63, 3.8) is 0 Å². The maximum atomic E-state index is 13.2. The van der Waals surface area contributed by atoms with Crippen LogP contribution in [-0.4, -0.2) is 42.3 Å². The molecular formula is C27H35N3O5. The van der Waals surface area contributed by atoms with Crippen LogP contribution >= 0.6 is 0 Å². The standard InChI is InChI=1S/C27H35N3O5/c1-4-15-28-26(33)24(31)22(17-20-11-7-5-8-12-20)29-25(32)23(16-19(2)3)30-27(34)35-18-21-13-9-6-10-14-21/h5-14,19,22-23H,4,15-18H2,1-3H3,(H,28,33)(H,29,32)(H,30,34)/t22?,23-/m0/s1. The quantitative estimate of drug-likeness (QED) is 0.381. The summed E-state index contributed by atoms with van der Waals surface area (Å²) in [6.45, 7) is 6.15. The molecule has 0 radical (unpaired) electrons. The fraction of sp³-hybridized carbons (Fsp3) is 0.407. The highest BCUT2D eigenvalue weighted by molar-refractivity contribution is 6.38. The number of hydrogen-bond acceptors (Lipinski definition) is 5. The summed E-state index contributed by atoms with van der Waals surface area (Å²) in [6.07, 6.45) is 0.430. The van der Waals surface area contributed by atoms with E-state index in [1.165, 1.54) is 0 Å². The molecule has 0 heterocycles. The third-order valence-corrected chi connectivity index (χ3v) is 5.20. The lowest BCUT2D eigenvalue weighted by Crippen LogP contribution is -2.55. The minimum Gasteiger partial charge on any atom is -0.445 e. The van der Waals surface area contributed by atoms with Crippen LogP contribution < -0.4 is 16.0 Å². The predicted molar refractivity (Wildman–Crippen MR) is 133 cm³/mol. The summed E-state index contributed by atoms with van der Waals surface area (Å²) in [5.74, 6) is -1.95. The van der Waals surface area contributed by atoms with Gasteiger partial charge in [-0.05, 0) is 29.9 Å². The van der Waals surface area contributed by atoms with Crippen LogP contribution in [0.5, 0.6) is 0 Å². The monoisotopic (exact) mass is 481 g/mol. The lowest BCUT2D eigenvalue weighted by atomic mass is 9.99. The molecule has 3 amide bonds. The molecule has 8 heteroatoms. The highest BCUT2D eigenvalue weighted by atomic mass is 16.5. The van der Waals surface area contributed by atoms with Gasteiger partial charge in [-0.2, -0.15) is 0 Å². The van der Waals surface area contributed by atoms with Crippen molar-refractivity contribution in [2.75, 3.05) is 6.54 Å². The van der Waals surface area contributed by atoms with Gasteiger partial charge in [0.1, 0.15) is 18.7 Å². The van der Waals surface area contributed by atoms with E-state index in [4.69, 9.17) is 4.74 Å². The summed E-state index contributed by atoms with van der Waals surface area (Å²) in [4.78, 5) is 50.8. The van der Waals surface area contributed by atoms with Gasteiger partial charge in [0.05, 0.1) is 0 Å². The van der Waals surface area contributed by atoms with E-state index in [9.17, 15) is 19.2 Å². The first-order chi connectivity index (χ1) is 16.8. The number of hydrogen-bond donors (Lipinski definition) is 3. The highest BCUT2D eigenvalue weighted by Gasteiger charge is 2.30. The highest BCUT2D eigenvalue weighted by Crippen LogP contribution is 2.09. The topological polar surface area (TPSA) is 114 Å². The van der Waals surface area contributed by atoms with E-state index in [0.29, 0.717) is 19.4 Å². The minimum atomic E-state index is -1.07. The molecule has 0 saturated heterocycles. The normalized spacial score (nSPS) is 12.3. The Bertz CT molecular complexity index is 963. The summed E-state index contributed by atoms with van der Waals surface area (Å²) >= 11 is 0. The molecule has 35 heavy (non-hydrogen) atoms. The molecule has 2 aromatic carbocycles. The van der Waals surface area contributed by atoms with Gasteiger partial charge in [0, 0.05) is 13.0 Å². The van der Waals surface area contributed by atoms with Gasteiger partial charge < -0.3 is 20.7 Å². The van der Waals surface area contributed by atoms with Gasteiger partial charge in [-0.3, -0.25) is 14.4 Å². The summed E-state index contributed by atoms with van der Waals surface area (Å²) in [7, 11) is 0. The molecule has 3 N–H and O–H groups in total. The molecule has 0 aromatic heterocycles. The van der Waals surface area contributed by atoms with E-state index in [2.05, 4.69) is 16.0 Å². The van der Waals surface area contributed by atoms with Crippen molar-refractivity contribution < 1.29 is 23.9 Å². The van der Waals surface area contributed by atoms with Crippen LogP contribution in [0.1, 0.15) is 44.7 Å². The van der Waals surface area contributed by atoms with Crippen LogP contribution in [0.3, 0.4) is 0 Å². The molecular weight excluding hydrogens is 446 g/mol. The maximum absolute atomic E-state index is 13.2. The van der Waals surface area contributed by atoms with Crippen LogP contribution in [0.25, 0.3) is 0 Å². The number of carbonyl (C=O) groups is 4. The van der Waals surface area contributed by atoms with Gasteiger partial charge >= 0.3 is 6.09 Å². The van der Waals surface area contributed by atoms with E-state index in [0.717, 1.165) is 11.1 Å². The van der Waals surface area contributed by atoms with Crippen LogP contribution in [0.15, 0.2) is 60.7 Å². The van der Waals surface area contributed by atoms with Crippen LogP contribution in [0.2, 0.25) is 0 Å². The number of ketones is 1. The maximum Gasteiger partial charge on any atom is 0.408 e. The fourth-order valence-electron chi connectivity index (χ4n) is 3.43. The molecule has 0 bridgehead atoms. The Balaban J connectivity index is 2.10. The number of ether oxygens (including phenoxy) is 1. The number of benzene rings is 2. The summed E-state index contributed by atoms with van der Waals surface area (Å²) in [5, 5.41) is 7.86. The lowest BCUT2D eigenvalue weighted by Gasteiger charge is -2.23. The average Bonchev–Trinajstić information content (AvgIpc) is 2.85. The molecule has 0 saturated carbocycles. The van der Waals surface area contributed by atoms with Crippen molar-refractivity contribution in [1.82, 2.24) is 16.0 Å². The van der Waals surface area contributed by atoms with E-state index in [-0.39, 0.29) is 18.9 Å². The summed E-state index contributed by atoms with van der Waals surface area (Å²) < 4.78 is 5.26. The number of carbonyl (C=O) groups excluding carboxylic acids is 4. The van der Waals surface area contributed by atoms with Crippen LogP contribution in [-0.2, 0) is 32.1 Å². The first kappa shape index (κ1) is 27.6. The molecule has 1 unspecified atom stereocenters. The second-order valence-corrected chi connectivity index (χ2v) is 8.76. The third kappa shape index (κ3) is 10.00. The molecule has 2 atom stereocenters. The van der Waals surface area contributed by atoms with E-state index in [1.807, 2.05) is 81.4 Å². The second-order valence-electron chi connectivity index (χ2n) is 8.76. The zero-order valence-corrected chi connectivity index (χ0v) is 20.6.